The van der Waals surface area contributed by atoms with E-state index >= 15 is 0 Å². The highest BCUT2D eigenvalue weighted by Crippen LogP contribution is 2.24. The SMILES string of the molecule is COc1ccc(S(=O)(=O)N(CC(C)C)C[C@H](O)[C@H](Cc2ccccc2)NC(=O)[C@H](C(C)C)N2CCN(Cc3csc(NC(C)=O)n3)C2=O)cc1. The molecule has 0 saturated carbocycles. The van der Waals surface area contributed by atoms with E-state index in [4.69, 9.17) is 4.74 Å². The van der Waals surface area contributed by atoms with Gasteiger partial charge in [0.05, 0.1) is 36.4 Å². The fourth-order valence-electron chi connectivity index (χ4n) is 5.92. The van der Waals surface area contributed by atoms with Gasteiger partial charge in [0.2, 0.25) is 21.8 Å². The zero-order valence-electron chi connectivity index (χ0n) is 29.4. The molecule has 4 rings (SSSR count). The summed E-state index contributed by atoms with van der Waals surface area (Å²) in [7, 11) is -2.52. The van der Waals surface area contributed by atoms with Crippen molar-refractivity contribution in [3.05, 3.63) is 71.2 Å². The number of aliphatic hydroxyl groups excluding tert-OH is 1. The van der Waals surface area contributed by atoms with E-state index in [0.717, 1.165) is 5.56 Å². The van der Waals surface area contributed by atoms with Gasteiger partial charge in [-0.1, -0.05) is 58.0 Å². The number of methoxy groups -OCH3 is 1. The summed E-state index contributed by atoms with van der Waals surface area (Å²) in [6, 6.07) is 13.4. The Kier molecular flexibility index (Phi) is 13.4. The van der Waals surface area contributed by atoms with Crippen LogP contribution in [0, 0.1) is 11.8 Å². The van der Waals surface area contributed by atoms with Gasteiger partial charge in [-0.15, -0.1) is 11.3 Å². The van der Waals surface area contributed by atoms with E-state index in [2.05, 4.69) is 15.6 Å². The van der Waals surface area contributed by atoms with Gasteiger partial charge in [-0.05, 0) is 48.1 Å². The van der Waals surface area contributed by atoms with Gasteiger partial charge in [0, 0.05) is 38.5 Å². The Hall–Kier alpha value is -4.05. The minimum Gasteiger partial charge on any atom is -0.497 e. The maximum atomic E-state index is 14.1. The number of nitrogens with zero attached hydrogens (tertiary/aromatic N) is 4. The van der Waals surface area contributed by atoms with E-state index in [0.29, 0.717) is 29.7 Å². The third-order valence-electron chi connectivity index (χ3n) is 8.30. The van der Waals surface area contributed by atoms with Crippen molar-refractivity contribution in [1.82, 2.24) is 24.4 Å². The summed E-state index contributed by atoms with van der Waals surface area (Å²) in [5.41, 5.74) is 1.47. The summed E-state index contributed by atoms with van der Waals surface area (Å²) in [6.45, 7) is 9.70. The molecule has 1 fully saturated rings. The average molecular weight is 729 g/mol. The summed E-state index contributed by atoms with van der Waals surface area (Å²) < 4.78 is 34.1. The molecule has 1 aromatic heterocycles. The number of aliphatic hydroxyl groups is 1. The molecule has 0 unspecified atom stereocenters. The molecule has 2 heterocycles. The Morgan fingerprint density at radius 1 is 1.04 bits per heavy atom. The summed E-state index contributed by atoms with van der Waals surface area (Å²) >= 11 is 1.27. The van der Waals surface area contributed by atoms with Gasteiger partial charge in [0.1, 0.15) is 11.8 Å². The molecule has 2 aromatic carbocycles. The van der Waals surface area contributed by atoms with Crippen LogP contribution in [0.25, 0.3) is 0 Å². The number of thiazole rings is 1. The number of ether oxygens (including phenoxy) is 1. The van der Waals surface area contributed by atoms with Crippen molar-refractivity contribution in [2.75, 3.05) is 38.6 Å². The topological polar surface area (TPSA) is 161 Å². The highest BCUT2D eigenvalue weighted by molar-refractivity contribution is 7.89. The third kappa shape index (κ3) is 10.0. The molecule has 15 heteroatoms. The molecule has 13 nitrogen and oxygen atoms in total. The number of aromatic nitrogens is 1. The fourth-order valence-corrected chi connectivity index (χ4v) is 8.29. The smallest absolute Gasteiger partial charge is 0.321 e. The number of carbonyl (C=O) groups excluding carboxylic acids is 3. The van der Waals surface area contributed by atoms with Crippen LogP contribution in [0.15, 0.2) is 64.9 Å². The fraction of sp³-hybridized carbons (Fsp3) is 0.486. The lowest BCUT2D eigenvalue weighted by Crippen LogP contribution is -2.57. The van der Waals surface area contributed by atoms with E-state index in [-0.39, 0.29) is 54.7 Å². The maximum absolute atomic E-state index is 14.1. The van der Waals surface area contributed by atoms with Crippen molar-refractivity contribution >= 4 is 44.3 Å². The molecule has 1 aliphatic heterocycles. The van der Waals surface area contributed by atoms with E-state index in [1.54, 1.807) is 22.4 Å². The van der Waals surface area contributed by atoms with Crippen LogP contribution < -0.4 is 15.4 Å². The molecule has 0 aliphatic carbocycles. The molecular formula is C35H48N6O7S2. The Balaban J connectivity index is 1.54. The predicted molar refractivity (Wildman–Crippen MR) is 192 cm³/mol. The van der Waals surface area contributed by atoms with Crippen molar-refractivity contribution in [1.29, 1.82) is 0 Å². The maximum Gasteiger partial charge on any atom is 0.321 e. The highest BCUT2D eigenvalue weighted by atomic mass is 32.2. The number of carbonyl (C=O) groups is 3. The van der Waals surface area contributed by atoms with Crippen LogP contribution >= 0.6 is 11.3 Å². The van der Waals surface area contributed by atoms with Gasteiger partial charge < -0.3 is 30.3 Å². The summed E-state index contributed by atoms with van der Waals surface area (Å²) in [5, 5.41) is 19.6. The first-order valence-corrected chi connectivity index (χ1v) is 19.0. The Bertz CT molecular complexity index is 1700. The van der Waals surface area contributed by atoms with Crippen molar-refractivity contribution in [2.24, 2.45) is 11.8 Å². The van der Waals surface area contributed by atoms with Crippen LogP contribution in [0.2, 0.25) is 0 Å². The van der Waals surface area contributed by atoms with Gasteiger partial charge >= 0.3 is 6.03 Å². The molecule has 3 aromatic rings. The number of hydrogen-bond acceptors (Lipinski definition) is 9. The number of sulfonamides is 1. The van der Waals surface area contributed by atoms with Crippen molar-refractivity contribution in [3.8, 4) is 5.75 Å². The highest BCUT2D eigenvalue weighted by Gasteiger charge is 2.40. The molecule has 0 spiro atoms. The van der Waals surface area contributed by atoms with Gasteiger partial charge in [-0.2, -0.15) is 4.31 Å². The van der Waals surface area contributed by atoms with Crippen molar-refractivity contribution in [2.45, 2.75) is 70.7 Å². The Morgan fingerprint density at radius 2 is 1.72 bits per heavy atom. The molecule has 1 saturated heterocycles. The number of amides is 4. The van der Waals surface area contributed by atoms with Crippen LogP contribution in [0.4, 0.5) is 9.93 Å². The quantitative estimate of drug-likeness (QED) is 0.189. The second-order valence-corrected chi connectivity index (χ2v) is 16.0. The molecular weight excluding hydrogens is 681 g/mol. The van der Waals surface area contributed by atoms with Gasteiger partial charge in [-0.25, -0.2) is 18.2 Å². The van der Waals surface area contributed by atoms with Crippen LogP contribution in [0.1, 0.15) is 45.9 Å². The third-order valence-corrected chi connectivity index (χ3v) is 11.0. The lowest BCUT2D eigenvalue weighted by Gasteiger charge is -2.34. The molecule has 272 valence electrons. The standard InChI is InChI=1S/C35H48N6O7S2/c1-23(2)19-40(50(46,47)29-14-12-28(48-6)13-15-29)21-31(43)30(18-26-10-8-7-9-11-26)38-33(44)32(24(3)4)41-17-16-39(35(41)45)20-27-22-49-34(37-27)36-25(5)42/h7-15,22-24,30-32,43H,16-21H2,1-6H3,(H,38,44)(H,36,37,42)/t30-,31-,32-/m0/s1. The molecule has 3 N–H and O–H groups in total. The summed E-state index contributed by atoms with van der Waals surface area (Å²) in [5.74, 6) is -0.476. The van der Waals surface area contributed by atoms with Crippen LogP contribution in [0.3, 0.4) is 0 Å². The lowest BCUT2D eigenvalue weighted by atomic mass is 9.97. The van der Waals surface area contributed by atoms with Crippen molar-refractivity contribution in [3.63, 3.8) is 0 Å². The number of hydrogen-bond donors (Lipinski definition) is 3. The predicted octanol–water partition coefficient (Wildman–Crippen LogP) is 3.81. The minimum atomic E-state index is -4.02. The average Bonchev–Trinajstić information content (AvgIpc) is 3.65. The molecule has 50 heavy (non-hydrogen) atoms. The first kappa shape index (κ1) is 38.7. The largest absolute Gasteiger partial charge is 0.497 e. The van der Waals surface area contributed by atoms with E-state index in [1.165, 1.54) is 46.7 Å². The van der Waals surface area contributed by atoms with Crippen LogP contribution in [-0.4, -0.2) is 102 Å². The monoisotopic (exact) mass is 728 g/mol. The van der Waals surface area contributed by atoms with Gasteiger partial charge in [-0.3, -0.25) is 9.59 Å². The summed E-state index contributed by atoms with van der Waals surface area (Å²) in [6.07, 6.45) is -1.05. The molecule has 0 radical (unpaired) electrons. The molecule has 4 amide bonds. The second-order valence-electron chi connectivity index (χ2n) is 13.2. The number of benzene rings is 2. The number of urea groups is 1. The lowest BCUT2D eigenvalue weighted by molar-refractivity contribution is -0.128. The Labute approximate surface area is 298 Å². The molecule has 1 aliphatic rings. The number of nitrogens with one attached hydrogen (secondary N) is 2. The number of rotatable bonds is 17. The van der Waals surface area contributed by atoms with Crippen LogP contribution in [-0.2, 0) is 32.6 Å². The first-order valence-electron chi connectivity index (χ1n) is 16.6. The van der Waals surface area contributed by atoms with Gasteiger partial charge in [0.15, 0.2) is 5.13 Å². The van der Waals surface area contributed by atoms with Crippen molar-refractivity contribution < 1.29 is 32.6 Å². The van der Waals surface area contributed by atoms with Crippen LogP contribution in [0.5, 0.6) is 5.75 Å². The van der Waals surface area contributed by atoms with E-state index in [9.17, 15) is 27.9 Å². The molecule has 3 atom stereocenters. The zero-order valence-corrected chi connectivity index (χ0v) is 31.0. The van der Waals surface area contributed by atoms with E-state index < -0.39 is 34.1 Å². The Morgan fingerprint density at radius 3 is 2.32 bits per heavy atom. The molecule has 0 bridgehead atoms. The number of anilines is 1. The van der Waals surface area contributed by atoms with E-state index in [1.807, 2.05) is 58.0 Å². The first-order chi connectivity index (χ1) is 23.7. The second kappa shape index (κ2) is 17.2. The zero-order chi connectivity index (χ0) is 36.6. The normalized spacial score (nSPS) is 15.4. The van der Waals surface area contributed by atoms with Gasteiger partial charge in [0.25, 0.3) is 0 Å². The minimum absolute atomic E-state index is 0.0481. The summed E-state index contributed by atoms with van der Waals surface area (Å²) in [4.78, 5) is 46.7.